The van der Waals surface area contributed by atoms with E-state index in [-0.39, 0.29) is 0 Å². The molecule has 2 aromatic heterocycles. The number of fused-ring (bicyclic) bond motifs is 1. The molecule has 0 unspecified atom stereocenters. The van der Waals surface area contributed by atoms with Crippen LogP contribution in [0.15, 0.2) is 12.3 Å². The predicted octanol–water partition coefficient (Wildman–Crippen LogP) is 3.54. The molecule has 16 heavy (non-hydrogen) atoms. The van der Waals surface area contributed by atoms with E-state index in [2.05, 4.69) is 28.4 Å². The van der Waals surface area contributed by atoms with E-state index < -0.39 is 0 Å². The molecule has 0 radical (unpaired) electrons. The standard InChI is InChI=1S/C12H14ClN3/c1-7(2)12-15-10-9(5-6-14-11(10)13)16(12)8-3-4-8/h5-8H,3-4H2,1-2H3. The van der Waals surface area contributed by atoms with E-state index >= 15 is 0 Å². The van der Waals surface area contributed by atoms with Crippen LogP contribution in [0.4, 0.5) is 0 Å². The number of imidazole rings is 1. The lowest BCUT2D eigenvalue weighted by Gasteiger charge is -2.09. The van der Waals surface area contributed by atoms with Gasteiger partial charge in [0.25, 0.3) is 0 Å². The topological polar surface area (TPSA) is 30.7 Å². The number of rotatable bonds is 2. The van der Waals surface area contributed by atoms with Crippen LogP contribution >= 0.6 is 11.6 Å². The van der Waals surface area contributed by atoms with Crippen molar-refractivity contribution in [1.29, 1.82) is 0 Å². The first kappa shape index (κ1) is 10.1. The highest BCUT2D eigenvalue weighted by molar-refractivity contribution is 6.33. The molecule has 2 aromatic rings. The monoisotopic (exact) mass is 235 g/mol. The van der Waals surface area contributed by atoms with Crippen LogP contribution in [0.1, 0.15) is 44.5 Å². The largest absolute Gasteiger partial charge is 0.325 e. The summed E-state index contributed by atoms with van der Waals surface area (Å²) >= 11 is 6.09. The van der Waals surface area contributed by atoms with Gasteiger partial charge in [0.15, 0.2) is 5.15 Å². The molecule has 0 spiro atoms. The van der Waals surface area contributed by atoms with Crippen LogP contribution < -0.4 is 0 Å². The normalized spacial score (nSPS) is 16.2. The Morgan fingerprint density at radius 1 is 1.44 bits per heavy atom. The fraction of sp³-hybridized carbons (Fsp3) is 0.500. The van der Waals surface area contributed by atoms with E-state index in [0.717, 1.165) is 16.9 Å². The number of pyridine rings is 1. The molecule has 0 N–H and O–H groups in total. The zero-order valence-corrected chi connectivity index (χ0v) is 10.2. The van der Waals surface area contributed by atoms with Gasteiger partial charge < -0.3 is 4.57 Å². The molecule has 0 atom stereocenters. The highest BCUT2D eigenvalue weighted by Gasteiger charge is 2.29. The van der Waals surface area contributed by atoms with Crippen LogP contribution in [0.3, 0.4) is 0 Å². The van der Waals surface area contributed by atoms with E-state index in [1.807, 2.05) is 6.07 Å². The summed E-state index contributed by atoms with van der Waals surface area (Å²) in [6.45, 7) is 4.34. The summed E-state index contributed by atoms with van der Waals surface area (Å²) in [5.41, 5.74) is 1.98. The zero-order valence-electron chi connectivity index (χ0n) is 9.44. The first-order valence-electron chi connectivity index (χ1n) is 5.71. The molecule has 1 aliphatic rings. The molecule has 2 heterocycles. The Hall–Kier alpha value is -1.09. The third kappa shape index (κ3) is 1.42. The summed E-state index contributed by atoms with van der Waals surface area (Å²) in [5, 5.41) is 0.513. The summed E-state index contributed by atoms with van der Waals surface area (Å²) in [7, 11) is 0. The minimum atomic E-state index is 0.420. The Kier molecular flexibility index (Phi) is 2.18. The maximum Gasteiger partial charge on any atom is 0.156 e. The predicted molar refractivity (Wildman–Crippen MR) is 64.9 cm³/mol. The van der Waals surface area contributed by atoms with E-state index in [9.17, 15) is 0 Å². The molecule has 3 nitrogen and oxygen atoms in total. The maximum atomic E-state index is 6.09. The molecule has 1 aliphatic carbocycles. The maximum absolute atomic E-state index is 6.09. The van der Waals surface area contributed by atoms with Crippen molar-refractivity contribution < 1.29 is 0 Å². The van der Waals surface area contributed by atoms with Crippen LogP contribution in [0.5, 0.6) is 0 Å². The lowest BCUT2D eigenvalue weighted by atomic mass is 10.2. The van der Waals surface area contributed by atoms with Crippen molar-refractivity contribution in [3.8, 4) is 0 Å². The van der Waals surface area contributed by atoms with Gasteiger partial charge in [0.05, 0.1) is 5.52 Å². The van der Waals surface area contributed by atoms with Crippen LogP contribution in [0.2, 0.25) is 5.15 Å². The number of nitrogens with zero attached hydrogens (tertiary/aromatic N) is 3. The molecule has 0 bridgehead atoms. The molecule has 0 aliphatic heterocycles. The zero-order chi connectivity index (χ0) is 11.3. The van der Waals surface area contributed by atoms with E-state index in [0.29, 0.717) is 17.1 Å². The van der Waals surface area contributed by atoms with Crippen LogP contribution in [-0.2, 0) is 0 Å². The van der Waals surface area contributed by atoms with Gasteiger partial charge in [-0.05, 0) is 18.9 Å². The molecular formula is C12H14ClN3. The van der Waals surface area contributed by atoms with Gasteiger partial charge in [0.2, 0.25) is 0 Å². The van der Waals surface area contributed by atoms with Crippen molar-refractivity contribution in [2.75, 3.05) is 0 Å². The fourth-order valence-corrected chi connectivity index (χ4v) is 2.33. The third-order valence-corrected chi connectivity index (χ3v) is 3.30. The van der Waals surface area contributed by atoms with Gasteiger partial charge in [0, 0.05) is 18.2 Å². The Morgan fingerprint density at radius 3 is 2.81 bits per heavy atom. The summed E-state index contributed by atoms with van der Waals surface area (Å²) in [6.07, 6.45) is 4.27. The van der Waals surface area contributed by atoms with Crippen molar-refractivity contribution >= 4 is 22.6 Å². The second kappa shape index (κ2) is 3.45. The molecule has 1 saturated carbocycles. The Labute approximate surface area is 99.5 Å². The Morgan fingerprint density at radius 2 is 2.19 bits per heavy atom. The number of halogens is 1. The quantitative estimate of drug-likeness (QED) is 0.746. The minimum Gasteiger partial charge on any atom is -0.325 e. The Balaban J connectivity index is 2.32. The minimum absolute atomic E-state index is 0.420. The SMILES string of the molecule is CC(C)c1nc2c(Cl)nccc2n1C1CC1. The second-order valence-electron chi connectivity index (χ2n) is 4.70. The second-order valence-corrected chi connectivity index (χ2v) is 5.05. The first-order chi connectivity index (χ1) is 7.68. The first-order valence-corrected chi connectivity index (χ1v) is 6.08. The van der Waals surface area contributed by atoms with Crippen molar-refractivity contribution in [3.05, 3.63) is 23.2 Å². The van der Waals surface area contributed by atoms with Gasteiger partial charge in [-0.2, -0.15) is 0 Å². The number of hydrogen-bond donors (Lipinski definition) is 0. The van der Waals surface area contributed by atoms with Crippen LogP contribution in [0.25, 0.3) is 11.0 Å². The summed E-state index contributed by atoms with van der Waals surface area (Å²) in [6, 6.07) is 2.64. The average molecular weight is 236 g/mol. The van der Waals surface area contributed by atoms with Crippen molar-refractivity contribution in [3.63, 3.8) is 0 Å². The van der Waals surface area contributed by atoms with E-state index in [1.54, 1.807) is 6.20 Å². The van der Waals surface area contributed by atoms with Crippen molar-refractivity contribution in [2.24, 2.45) is 0 Å². The lowest BCUT2D eigenvalue weighted by molar-refractivity contribution is 0.654. The highest BCUT2D eigenvalue weighted by atomic mass is 35.5. The van der Waals surface area contributed by atoms with Gasteiger partial charge >= 0.3 is 0 Å². The van der Waals surface area contributed by atoms with Crippen LogP contribution in [-0.4, -0.2) is 14.5 Å². The van der Waals surface area contributed by atoms with Gasteiger partial charge in [0.1, 0.15) is 11.3 Å². The summed E-state index contributed by atoms with van der Waals surface area (Å²) < 4.78 is 2.34. The number of aromatic nitrogens is 3. The summed E-state index contributed by atoms with van der Waals surface area (Å²) in [4.78, 5) is 8.73. The highest BCUT2D eigenvalue weighted by Crippen LogP contribution is 2.40. The smallest absolute Gasteiger partial charge is 0.156 e. The molecule has 0 amide bonds. The summed E-state index contributed by atoms with van der Waals surface area (Å²) in [5.74, 6) is 1.55. The fourth-order valence-electron chi connectivity index (χ4n) is 2.13. The van der Waals surface area contributed by atoms with E-state index in [4.69, 9.17) is 11.6 Å². The van der Waals surface area contributed by atoms with Crippen molar-refractivity contribution in [1.82, 2.24) is 14.5 Å². The Bertz CT molecular complexity index is 540. The number of hydrogen-bond acceptors (Lipinski definition) is 2. The van der Waals surface area contributed by atoms with Gasteiger partial charge in [-0.25, -0.2) is 9.97 Å². The molecule has 1 fully saturated rings. The van der Waals surface area contributed by atoms with Gasteiger partial charge in [-0.15, -0.1) is 0 Å². The average Bonchev–Trinajstić information content (AvgIpc) is 2.99. The van der Waals surface area contributed by atoms with Gasteiger partial charge in [-0.3, -0.25) is 0 Å². The lowest BCUT2D eigenvalue weighted by Crippen LogP contribution is -2.02. The molecule has 84 valence electrons. The molecular weight excluding hydrogens is 222 g/mol. The molecule has 0 aromatic carbocycles. The molecule has 4 heteroatoms. The van der Waals surface area contributed by atoms with Crippen LogP contribution in [0, 0.1) is 0 Å². The third-order valence-electron chi connectivity index (χ3n) is 3.02. The molecule has 0 saturated heterocycles. The van der Waals surface area contributed by atoms with Gasteiger partial charge in [-0.1, -0.05) is 25.4 Å². The van der Waals surface area contributed by atoms with Crippen molar-refractivity contribution in [2.45, 2.75) is 38.6 Å². The molecule has 3 rings (SSSR count). The van der Waals surface area contributed by atoms with E-state index in [1.165, 1.54) is 12.8 Å².